The van der Waals surface area contributed by atoms with Gasteiger partial charge in [0, 0.05) is 10.9 Å². The summed E-state index contributed by atoms with van der Waals surface area (Å²) in [5.41, 5.74) is 5.88. The van der Waals surface area contributed by atoms with Gasteiger partial charge in [-0.1, -0.05) is 131 Å². The van der Waals surface area contributed by atoms with Gasteiger partial charge in [0.05, 0.1) is 4.88 Å². The molecular formula is C31H23BrN4S. The van der Waals surface area contributed by atoms with E-state index in [1.165, 1.54) is 5.56 Å². The molecule has 37 heavy (non-hydrogen) atoms. The number of alkyl halides is 1. The minimum Gasteiger partial charge on any atom is -0.144 e. The Morgan fingerprint density at radius 2 is 1.22 bits per heavy atom. The highest BCUT2D eigenvalue weighted by Crippen LogP contribution is 2.41. The molecule has 6 heteroatoms. The monoisotopic (exact) mass is 562 g/mol. The van der Waals surface area contributed by atoms with E-state index in [2.05, 4.69) is 130 Å². The average molecular weight is 564 g/mol. The Bertz CT molecular complexity index is 1500. The topological polar surface area (TPSA) is 43.6 Å². The zero-order valence-electron chi connectivity index (χ0n) is 19.9. The molecule has 0 aliphatic heterocycles. The number of hydrogen-bond donors (Lipinski definition) is 0. The van der Waals surface area contributed by atoms with Gasteiger partial charge in [0.2, 0.25) is 5.82 Å². The molecule has 4 aromatic carbocycles. The molecule has 4 nitrogen and oxygen atoms in total. The molecular weight excluding hydrogens is 540 g/mol. The third-order valence-electron chi connectivity index (χ3n) is 6.58. The maximum Gasteiger partial charge on any atom is 0.215 e. The van der Waals surface area contributed by atoms with Gasteiger partial charge in [-0.3, -0.25) is 0 Å². The number of aromatic nitrogens is 4. The van der Waals surface area contributed by atoms with E-state index >= 15 is 0 Å². The van der Waals surface area contributed by atoms with Gasteiger partial charge in [-0.05, 0) is 44.5 Å². The Hall–Kier alpha value is -3.87. The van der Waals surface area contributed by atoms with Gasteiger partial charge in [0.15, 0.2) is 5.54 Å². The van der Waals surface area contributed by atoms with Crippen molar-refractivity contribution in [1.82, 2.24) is 20.2 Å². The molecule has 0 bridgehead atoms. The second kappa shape index (κ2) is 10.2. The smallest absolute Gasteiger partial charge is 0.144 e. The first-order valence-corrected chi connectivity index (χ1v) is 14.0. The Morgan fingerprint density at radius 1 is 0.676 bits per heavy atom. The lowest BCUT2D eigenvalue weighted by molar-refractivity contribution is 0.396. The highest BCUT2D eigenvalue weighted by molar-refractivity contribution is 9.08. The SMILES string of the molecule is BrCc1ccc(-c2ccsc2-c2nnn(C(c3ccccc3)(c3ccccc3)c3ccccc3)n2)cc1. The maximum absolute atomic E-state index is 5.07. The number of hydrogen-bond acceptors (Lipinski definition) is 4. The lowest BCUT2D eigenvalue weighted by Gasteiger charge is -2.34. The van der Waals surface area contributed by atoms with Crippen molar-refractivity contribution in [2.75, 3.05) is 0 Å². The summed E-state index contributed by atoms with van der Waals surface area (Å²) in [6, 6.07) is 41.9. The van der Waals surface area contributed by atoms with Gasteiger partial charge >= 0.3 is 0 Å². The van der Waals surface area contributed by atoms with Crippen LogP contribution in [0.5, 0.6) is 0 Å². The molecule has 0 N–H and O–H groups in total. The molecule has 0 unspecified atom stereocenters. The summed E-state index contributed by atoms with van der Waals surface area (Å²) >= 11 is 5.16. The molecule has 0 saturated carbocycles. The van der Waals surface area contributed by atoms with Gasteiger partial charge in [-0.15, -0.1) is 26.3 Å². The fourth-order valence-corrected chi connectivity index (χ4v) is 6.03. The first-order valence-electron chi connectivity index (χ1n) is 12.0. The van der Waals surface area contributed by atoms with Crippen LogP contribution in [0.3, 0.4) is 0 Å². The first kappa shape index (κ1) is 23.5. The summed E-state index contributed by atoms with van der Waals surface area (Å²) in [7, 11) is 0. The fraction of sp³-hybridized carbons (Fsp3) is 0.0645. The molecule has 0 fully saturated rings. The van der Waals surface area contributed by atoms with Gasteiger partial charge in [-0.25, -0.2) is 0 Å². The van der Waals surface area contributed by atoms with E-state index in [9.17, 15) is 0 Å². The van der Waals surface area contributed by atoms with Gasteiger partial charge in [0.1, 0.15) is 0 Å². The molecule has 0 amide bonds. The average Bonchev–Trinajstić information content (AvgIpc) is 3.66. The summed E-state index contributed by atoms with van der Waals surface area (Å²) in [6.07, 6.45) is 0. The fourth-order valence-electron chi connectivity index (χ4n) is 4.81. The molecule has 2 heterocycles. The summed E-state index contributed by atoms with van der Waals surface area (Å²) < 4.78 is 0. The van der Waals surface area contributed by atoms with Crippen LogP contribution in [0.1, 0.15) is 22.3 Å². The first-order chi connectivity index (χ1) is 18.3. The zero-order chi connectivity index (χ0) is 25.1. The van der Waals surface area contributed by atoms with Crippen LogP contribution in [-0.2, 0) is 10.9 Å². The van der Waals surface area contributed by atoms with E-state index in [0.717, 1.165) is 38.0 Å². The molecule has 0 atom stereocenters. The van der Waals surface area contributed by atoms with Gasteiger partial charge < -0.3 is 0 Å². The van der Waals surface area contributed by atoms with Crippen molar-refractivity contribution >= 4 is 27.3 Å². The summed E-state index contributed by atoms with van der Waals surface area (Å²) in [4.78, 5) is 2.78. The summed E-state index contributed by atoms with van der Waals surface area (Å²) in [6.45, 7) is 0. The lowest BCUT2D eigenvalue weighted by atomic mass is 9.77. The molecule has 0 spiro atoms. The van der Waals surface area contributed by atoms with Crippen LogP contribution in [0.2, 0.25) is 0 Å². The second-order valence-electron chi connectivity index (χ2n) is 8.70. The summed E-state index contributed by atoms with van der Waals surface area (Å²) in [5.74, 6) is 0.613. The normalized spacial score (nSPS) is 11.5. The standard InChI is InChI=1S/C31H23BrN4S/c32-22-23-16-18-24(19-17-23)28-20-21-37-29(28)30-33-35-36(34-30)31(25-10-4-1-5-11-25,26-12-6-2-7-13-26)27-14-8-3-9-15-27/h1-21H,22H2. The molecule has 0 saturated heterocycles. The minimum absolute atomic E-state index is 0.613. The predicted octanol–water partition coefficient (Wildman–Crippen LogP) is 7.80. The number of halogens is 1. The Balaban J connectivity index is 1.55. The van der Waals surface area contributed by atoms with E-state index < -0.39 is 5.54 Å². The molecule has 0 radical (unpaired) electrons. The van der Waals surface area contributed by atoms with Crippen molar-refractivity contribution in [3.05, 3.63) is 149 Å². The maximum atomic E-state index is 5.07. The number of nitrogens with zero attached hydrogens (tertiary/aromatic N) is 4. The van der Waals surface area contributed by atoms with Crippen LogP contribution in [0.15, 0.2) is 127 Å². The van der Waals surface area contributed by atoms with Crippen molar-refractivity contribution in [1.29, 1.82) is 0 Å². The quantitative estimate of drug-likeness (QED) is 0.147. The van der Waals surface area contributed by atoms with Crippen LogP contribution in [0.25, 0.3) is 21.8 Å². The molecule has 180 valence electrons. The highest BCUT2D eigenvalue weighted by atomic mass is 79.9. The van der Waals surface area contributed by atoms with E-state index in [1.54, 1.807) is 16.1 Å². The Morgan fingerprint density at radius 3 is 1.73 bits per heavy atom. The molecule has 0 aliphatic rings. The van der Waals surface area contributed by atoms with Crippen molar-refractivity contribution < 1.29 is 0 Å². The highest BCUT2D eigenvalue weighted by Gasteiger charge is 2.41. The van der Waals surface area contributed by atoms with Crippen LogP contribution >= 0.6 is 27.3 Å². The van der Waals surface area contributed by atoms with E-state index in [-0.39, 0.29) is 0 Å². The van der Waals surface area contributed by atoms with E-state index in [1.807, 2.05) is 18.2 Å². The number of benzene rings is 4. The van der Waals surface area contributed by atoms with Crippen LogP contribution in [-0.4, -0.2) is 20.2 Å². The molecule has 6 rings (SSSR count). The van der Waals surface area contributed by atoms with Crippen molar-refractivity contribution in [2.24, 2.45) is 0 Å². The van der Waals surface area contributed by atoms with E-state index in [0.29, 0.717) is 5.82 Å². The third-order valence-corrected chi connectivity index (χ3v) is 8.13. The van der Waals surface area contributed by atoms with Crippen molar-refractivity contribution in [3.8, 4) is 21.8 Å². The van der Waals surface area contributed by atoms with Crippen LogP contribution in [0.4, 0.5) is 0 Å². The predicted molar refractivity (Wildman–Crippen MR) is 154 cm³/mol. The third kappa shape index (κ3) is 4.22. The van der Waals surface area contributed by atoms with Gasteiger partial charge in [0.25, 0.3) is 0 Å². The van der Waals surface area contributed by atoms with Crippen LogP contribution < -0.4 is 0 Å². The Labute approximate surface area is 228 Å². The Kier molecular flexibility index (Phi) is 6.51. The number of rotatable bonds is 7. The van der Waals surface area contributed by atoms with Crippen molar-refractivity contribution in [3.63, 3.8) is 0 Å². The van der Waals surface area contributed by atoms with E-state index in [4.69, 9.17) is 10.3 Å². The number of thiophene rings is 1. The van der Waals surface area contributed by atoms with Crippen molar-refractivity contribution in [2.45, 2.75) is 10.9 Å². The summed E-state index contributed by atoms with van der Waals surface area (Å²) in [5, 5.41) is 17.3. The molecule has 2 aromatic heterocycles. The molecule has 0 aliphatic carbocycles. The van der Waals surface area contributed by atoms with Crippen LogP contribution in [0, 0.1) is 0 Å². The van der Waals surface area contributed by atoms with Gasteiger partial charge in [-0.2, -0.15) is 0 Å². The minimum atomic E-state index is -0.788. The number of tetrazole rings is 1. The zero-order valence-corrected chi connectivity index (χ0v) is 22.3. The lowest BCUT2D eigenvalue weighted by Crippen LogP contribution is -2.39. The second-order valence-corrected chi connectivity index (χ2v) is 10.2. The molecule has 6 aromatic rings. The largest absolute Gasteiger partial charge is 0.215 e.